The predicted octanol–water partition coefficient (Wildman–Crippen LogP) is 3.19. The molecule has 0 amide bonds. The number of carboxylic acid groups (broad SMARTS) is 1. The minimum absolute atomic E-state index is 0.0694. The second-order valence-corrected chi connectivity index (χ2v) is 5.00. The molecule has 0 radical (unpaired) electrons. The van der Waals surface area contributed by atoms with Gasteiger partial charge in [0, 0.05) is 29.3 Å². The quantitative estimate of drug-likeness (QED) is 0.936. The van der Waals surface area contributed by atoms with Crippen LogP contribution in [0.4, 0.5) is 10.8 Å². The number of halogens is 1. The van der Waals surface area contributed by atoms with Gasteiger partial charge in [0.25, 0.3) is 0 Å². The average Bonchev–Trinajstić information content (AvgIpc) is 2.84. The third-order valence-corrected chi connectivity index (χ3v) is 3.67. The molecule has 1 aromatic heterocycles. The molecule has 1 aromatic carbocycles. The molecule has 18 heavy (non-hydrogen) atoms. The van der Waals surface area contributed by atoms with Gasteiger partial charge < -0.3 is 10.0 Å². The molecule has 0 aliphatic rings. The fourth-order valence-electron chi connectivity index (χ4n) is 1.54. The van der Waals surface area contributed by atoms with E-state index in [0.29, 0.717) is 10.6 Å². The fourth-order valence-corrected chi connectivity index (χ4v) is 2.41. The maximum Gasteiger partial charge on any atom is 0.307 e. The Morgan fingerprint density at radius 1 is 1.56 bits per heavy atom. The minimum Gasteiger partial charge on any atom is -0.481 e. The number of hydrogen-bond acceptors (Lipinski definition) is 4. The third-order valence-electron chi connectivity index (χ3n) is 2.47. The Bertz CT molecular complexity index is 557. The highest BCUT2D eigenvalue weighted by Gasteiger charge is 2.10. The zero-order chi connectivity index (χ0) is 13.1. The van der Waals surface area contributed by atoms with Gasteiger partial charge in [0.05, 0.1) is 6.42 Å². The van der Waals surface area contributed by atoms with Gasteiger partial charge in [0.1, 0.15) is 0 Å². The lowest BCUT2D eigenvalue weighted by Gasteiger charge is -2.16. The Labute approximate surface area is 113 Å². The van der Waals surface area contributed by atoms with Gasteiger partial charge >= 0.3 is 5.97 Å². The number of nitrogens with zero attached hydrogens (tertiary/aromatic N) is 2. The summed E-state index contributed by atoms with van der Waals surface area (Å²) in [6.07, 6.45) is 1.66. The van der Waals surface area contributed by atoms with Crippen LogP contribution in [0.25, 0.3) is 0 Å². The first kappa shape index (κ1) is 12.9. The Hall–Kier alpha value is -1.59. The van der Waals surface area contributed by atoms with Crippen LogP contribution in [-0.2, 0) is 11.2 Å². The molecule has 94 valence electrons. The molecule has 2 aromatic rings. The van der Waals surface area contributed by atoms with Crippen LogP contribution in [-0.4, -0.2) is 23.1 Å². The van der Waals surface area contributed by atoms with E-state index in [1.165, 1.54) is 11.3 Å². The zero-order valence-electron chi connectivity index (χ0n) is 9.63. The number of benzene rings is 1. The second kappa shape index (κ2) is 5.37. The van der Waals surface area contributed by atoms with E-state index in [4.69, 9.17) is 16.7 Å². The molecule has 0 aliphatic carbocycles. The summed E-state index contributed by atoms with van der Waals surface area (Å²) in [5, 5.41) is 12.0. The summed E-state index contributed by atoms with van der Waals surface area (Å²) in [5.74, 6) is -0.891. The van der Waals surface area contributed by atoms with Gasteiger partial charge in [0.15, 0.2) is 5.13 Å². The molecule has 6 heteroatoms. The standard InChI is InChI=1S/C12H11ClN2O2S/c1-15(12-14-4-5-18-12)9-3-2-8(6-11(16)17)10(13)7-9/h2-5,7H,6H2,1H3,(H,16,17). The summed E-state index contributed by atoms with van der Waals surface area (Å²) in [6, 6.07) is 5.32. The summed E-state index contributed by atoms with van der Waals surface area (Å²) in [5.41, 5.74) is 1.49. The SMILES string of the molecule is CN(c1ccc(CC(=O)O)c(Cl)c1)c1nccs1. The van der Waals surface area contributed by atoms with E-state index in [2.05, 4.69) is 4.98 Å². The van der Waals surface area contributed by atoms with Crippen LogP contribution >= 0.6 is 22.9 Å². The van der Waals surface area contributed by atoms with Crippen LogP contribution in [0.15, 0.2) is 29.8 Å². The van der Waals surface area contributed by atoms with Crippen molar-refractivity contribution in [1.29, 1.82) is 0 Å². The van der Waals surface area contributed by atoms with Gasteiger partial charge in [-0.2, -0.15) is 0 Å². The topological polar surface area (TPSA) is 53.4 Å². The van der Waals surface area contributed by atoms with Crippen molar-refractivity contribution in [1.82, 2.24) is 4.98 Å². The Morgan fingerprint density at radius 2 is 2.33 bits per heavy atom. The molecule has 0 saturated heterocycles. The van der Waals surface area contributed by atoms with Crippen LogP contribution in [0.5, 0.6) is 0 Å². The van der Waals surface area contributed by atoms with Crippen molar-refractivity contribution in [3.8, 4) is 0 Å². The van der Waals surface area contributed by atoms with Gasteiger partial charge in [-0.3, -0.25) is 4.79 Å². The van der Waals surface area contributed by atoms with E-state index in [9.17, 15) is 4.79 Å². The monoisotopic (exact) mass is 282 g/mol. The van der Waals surface area contributed by atoms with Crippen LogP contribution in [0, 0.1) is 0 Å². The number of aliphatic carboxylic acids is 1. The number of anilines is 2. The lowest BCUT2D eigenvalue weighted by atomic mass is 10.1. The van der Waals surface area contributed by atoms with Gasteiger partial charge in [-0.25, -0.2) is 4.98 Å². The van der Waals surface area contributed by atoms with Gasteiger partial charge in [-0.05, 0) is 17.7 Å². The highest BCUT2D eigenvalue weighted by atomic mass is 35.5. The molecule has 0 aliphatic heterocycles. The number of aromatic nitrogens is 1. The maximum absolute atomic E-state index is 10.6. The van der Waals surface area contributed by atoms with Crippen molar-refractivity contribution < 1.29 is 9.90 Å². The van der Waals surface area contributed by atoms with E-state index in [1.807, 2.05) is 23.4 Å². The highest BCUT2D eigenvalue weighted by molar-refractivity contribution is 7.13. The van der Waals surface area contributed by atoms with E-state index < -0.39 is 5.97 Å². The average molecular weight is 283 g/mol. The van der Waals surface area contributed by atoms with Gasteiger partial charge in [-0.1, -0.05) is 17.7 Å². The molecule has 2 rings (SSSR count). The largest absolute Gasteiger partial charge is 0.481 e. The van der Waals surface area contributed by atoms with E-state index >= 15 is 0 Å². The zero-order valence-corrected chi connectivity index (χ0v) is 11.2. The van der Waals surface area contributed by atoms with Crippen molar-refractivity contribution in [2.75, 3.05) is 11.9 Å². The number of carbonyl (C=O) groups is 1. The molecular formula is C12H11ClN2O2S. The molecule has 1 N–H and O–H groups in total. The van der Waals surface area contributed by atoms with Crippen LogP contribution in [0.3, 0.4) is 0 Å². The van der Waals surface area contributed by atoms with Gasteiger partial charge in [-0.15, -0.1) is 11.3 Å². The lowest BCUT2D eigenvalue weighted by molar-refractivity contribution is -0.136. The predicted molar refractivity (Wildman–Crippen MR) is 73.0 cm³/mol. The lowest BCUT2D eigenvalue weighted by Crippen LogP contribution is -2.09. The summed E-state index contributed by atoms with van der Waals surface area (Å²) in [7, 11) is 1.89. The first-order valence-corrected chi connectivity index (χ1v) is 6.47. The summed E-state index contributed by atoms with van der Waals surface area (Å²) in [6.45, 7) is 0. The molecule has 0 spiro atoms. The number of thiazole rings is 1. The molecule has 0 unspecified atom stereocenters. The van der Waals surface area contributed by atoms with Crippen molar-refractivity contribution >= 4 is 39.7 Å². The molecule has 4 nitrogen and oxygen atoms in total. The van der Waals surface area contributed by atoms with E-state index in [0.717, 1.165) is 10.8 Å². The first-order valence-electron chi connectivity index (χ1n) is 5.21. The first-order chi connectivity index (χ1) is 8.58. The Kier molecular flexibility index (Phi) is 3.84. The minimum atomic E-state index is -0.891. The number of carboxylic acids is 1. The number of rotatable bonds is 4. The summed E-state index contributed by atoms with van der Waals surface area (Å²) < 4.78 is 0. The summed E-state index contributed by atoms with van der Waals surface area (Å²) in [4.78, 5) is 16.8. The molecule has 0 bridgehead atoms. The Balaban J connectivity index is 2.26. The molecular weight excluding hydrogens is 272 g/mol. The number of hydrogen-bond donors (Lipinski definition) is 1. The van der Waals surface area contributed by atoms with E-state index in [1.54, 1.807) is 18.3 Å². The highest BCUT2D eigenvalue weighted by Crippen LogP contribution is 2.29. The van der Waals surface area contributed by atoms with Crippen molar-refractivity contribution in [2.24, 2.45) is 0 Å². The van der Waals surface area contributed by atoms with Crippen molar-refractivity contribution in [3.05, 3.63) is 40.4 Å². The van der Waals surface area contributed by atoms with Crippen LogP contribution in [0.2, 0.25) is 5.02 Å². The molecule has 0 saturated carbocycles. The summed E-state index contributed by atoms with van der Waals surface area (Å²) >= 11 is 7.60. The van der Waals surface area contributed by atoms with E-state index in [-0.39, 0.29) is 6.42 Å². The smallest absolute Gasteiger partial charge is 0.307 e. The maximum atomic E-state index is 10.6. The van der Waals surface area contributed by atoms with Crippen molar-refractivity contribution in [2.45, 2.75) is 6.42 Å². The third kappa shape index (κ3) is 2.80. The molecule has 0 fully saturated rings. The second-order valence-electron chi connectivity index (χ2n) is 3.72. The van der Waals surface area contributed by atoms with Crippen LogP contribution < -0.4 is 4.90 Å². The van der Waals surface area contributed by atoms with Crippen molar-refractivity contribution in [3.63, 3.8) is 0 Å². The molecule has 1 heterocycles. The van der Waals surface area contributed by atoms with Gasteiger partial charge in [0.2, 0.25) is 0 Å². The fraction of sp³-hybridized carbons (Fsp3) is 0.167. The molecule has 0 atom stereocenters. The van der Waals surface area contributed by atoms with Crippen LogP contribution in [0.1, 0.15) is 5.56 Å². The normalized spacial score (nSPS) is 10.3. The Morgan fingerprint density at radius 3 is 2.89 bits per heavy atom.